The molecule has 1 heterocycles. The first kappa shape index (κ1) is 19.9. The van der Waals surface area contributed by atoms with Crippen molar-refractivity contribution in [2.24, 2.45) is 5.92 Å². The van der Waals surface area contributed by atoms with Crippen LogP contribution in [0.1, 0.15) is 72.6 Å². The summed E-state index contributed by atoms with van der Waals surface area (Å²) in [5, 5.41) is 13.2. The summed E-state index contributed by atoms with van der Waals surface area (Å²) in [6.45, 7) is 8.88. The number of rotatable bonds is 8. The van der Waals surface area contributed by atoms with Crippen LogP contribution in [0.25, 0.3) is 0 Å². The molecule has 2 atom stereocenters. The van der Waals surface area contributed by atoms with Crippen molar-refractivity contribution < 1.29 is 14.7 Å². The molecule has 23 heavy (non-hydrogen) atoms. The molecule has 134 valence electrons. The normalized spacial score (nSPS) is 21.1. The first-order valence-electron chi connectivity index (χ1n) is 9.06. The molecular formula is C18H34N2O3. The number of amides is 2. The maximum absolute atomic E-state index is 12.5. The van der Waals surface area contributed by atoms with Gasteiger partial charge in [-0.05, 0) is 51.4 Å². The Morgan fingerprint density at radius 2 is 2.04 bits per heavy atom. The second-order valence-electron chi connectivity index (χ2n) is 7.50. The Labute approximate surface area is 140 Å². The van der Waals surface area contributed by atoms with Crippen molar-refractivity contribution >= 4 is 11.8 Å². The van der Waals surface area contributed by atoms with Crippen molar-refractivity contribution in [1.82, 2.24) is 10.2 Å². The molecule has 0 saturated carbocycles. The fraction of sp³-hybridized carbons (Fsp3) is 0.889. The zero-order valence-electron chi connectivity index (χ0n) is 15.2. The van der Waals surface area contributed by atoms with Gasteiger partial charge in [0.25, 0.3) is 0 Å². The van der Waals surface area contributed by atoms with Gasteiger partial charge < -0.3 is 15.3 Å². The summed E-state index contributed by atoms with van der Waals surface area (Å²) in [5.74, 6) is 0.468. The molecular weight excluding hydrogens is 292 g/mol. The summed E-state index contributed by atoms with van der Waals surface area (Å²) in [5.41, 5.74) is -0.896. The van der Waals surface area contributed by atoms with Crippen molar-refractivity contribution in [3.05, 3.63) is 0 Å². The third-order valence-corrected chi connectivity index (χ3v) is 4.49. The van der Waals surface area contributed by atoms with Gasteiger partial charge in [-0.3, -0.25) is 9.59 Å². The molecule has 0 aliphatic carbocycles. The van der Waals surface area contributed by atoms with Crippen LogP contribution in [0.5, 0.6) is 0 Å². The molecule has 1 aliphatic heterocycles. The van der Waals surface area contributed by atoms with E-state index in [-0.39, 0.29) is 24.4 Å². The lowest BCUT2D eigenvalue weighted by molar-refractivity contribution is -0.142. The van der Waals surface area contributed by atoms with Crippen LogP contribution in [0.4, 0.5) is 0 Å². The van der Waals surface area contributed by atoms with Gasteiger partial charge >= 0.3 is 0 Å². The number of nitrogens with one attached hydrogen (secondary N) is 1. The summed E-state index contributed by atoms with van der Waals surface area (Å²) in [6, 6.07) is -0.372. The smallest absolute Gasteiger partial charge is 0.242 e. The molecule has 0 aromatic carbocycles. The van der Waals surface area contributed by atoms with Crippen LogP contribution in [-0.4, -0.2) is 46.6 Å². The molecule has 1 fully saturated rings. The third-order valence-electron chi connectivity index (χ3n) is 4.49. The zero-order valence-corrected chi connectivity index (χ0v) is 15.2. The number of nitrogens with zero attached hydrogens (tertiary/aromatic N) is 1. The highest BCUT2D eigenvalue weighted by molar-refractivity contribution is 5.87. The van der Waals surface area contributed by atoms with Gasteiger partial charge in [-0.25, -0.2) is 0 Å². The van der Waals surface area contributed by atoms with Crippen LogP contribution in [-0.2, 0) is 9.59 Å². The van der Waals surface area contributed by atoms with Crippen molar-refractivity contribution in [1.29, 1.82) is 0 Å². The predicted molar refractivity (Wildman–Crippen MR) is 92.0 cm³/mol. The van der Waals surface area contributed by atoms with E-state index in [0.717, 1.165) is 32.1 Å². The molecule has 2 unspecified atom stereocenters. The monoisotopic (exact) mass is 326 g/mol. The number of carbonyl (C=O) groups is 2. The number of aliphatic hydroxyl groups is 1. The molecule has 0 aromatic heterocycles. The second kappa shape index (κ2) is 9.26. The highest BCUT2D eigenvalue weighted by Gasteiger charge is 2.32. The van der Waals surface area contributed by atoms with E-state index >= 15 is 0 Å². The van der Waals surface area contributed by atoms with Crippen LogP contribution in [0, 0.1) is 5.92 Å². The number of piperidine rings is 1. The van der Waals surface area contributed by atoms with Gasteiger partial charge in [0.05, 0.1) is 5.60 Å². The lowest BCUT2D eigenvalue weighted by Crippen LogP contribution is -2.54. The predicted octanol–water partition coefficient (Wildman–Crippen LogP) is 2.47. The molecule has 2 N–H and O–H groups in total. The summed E-state index contributed by atoms with van der Waals surface area (Å²) < 4.78 is 0. The Morgan fingerprint density at radius 1 is 1.35 bits per heavy atom. The van der Waals surface area contributed by atoms with E-state index in [1.165, 1.54) is 0 Å². The summed E-state index contributed by atoms with van der Waals surface area (Å²) in [6.07, 6.45) is 5.53. The minimum Gasteiger partial charge on any atom is -0.388 e. The lowest BCUT2D eigenvalue weighted by Gasteiger charge is -2.35. The van der Waals surface area contributed by atoms with Crippen LogP contribution < -0.4 is 5.32 Å². The largest absolute Gasteiger partial charge is 0.388 e. The molecule has 1 aliphatic rings. The van der Waals surface area contributed by atoms with Gasteiger partial charge in [-0.1, -0.05) is 20.8 Å². The first-order valence-corrected chi connectivity index (χ1v) is 9.06. The average molecular weight is 326 g/mol. The minimum absolute atomic E-state index is 0.0684. The Bertz CT molecular complexity index is 394. The highest BCUT2D eigenvalue weighted by atomic mass is 16.3. The number of carbonyl (C=O) groups excluding carboxylic acids is 2. The van der Waals surface area contributed by atoms with E-state index < -0.39 is 5.60 Å². The van der Waals surface area contributed by atoms with Crippen molar-refractivity contribution in [2.75, 3.05) is 13.1 Å². The number of hydrogen-bond acceptors (Lipinski definition) is 3. The third kappa shape index (κ3) is 6.90. The average Bonchev–Trinajstić information content (AvgIpc) is 2.51. The molecule has 5 nitrogen and oxygen atoms in total. The van der Waals surface area contributed by atoms with Gasteiger partial charge in [0.1, 0.15) is 6.04 Å². The van der Waals surface area contributed by atoms with Crippen molar-refractivity contribution in [2.45, 2.75) is 84.3 Å². The Balaban J connectivity index is 2.55. The number of hydrogen-bond donors (Lipinski definition) is 2. The SMILES string of the molecule is CCCC(=O)N1CCCCC1C(=O)NCC(C)(O)CCC(C)C. The van der Waals surface area contributed by atoms with E-state index in [4.69, 9.17) is 0 Å². The Morgan fingerprint density at radius 3 is 2.65 bits per heavy atom. The minimum atomic E-state index is -0.896. The van der Waals surface area contributed by atoms with Crippen LogP contribution in [0.2, 0.25) is 0 Å². The maximum atomic E-state index is 12.5. The van der Waals surface area contributed by atoms with Crippen molar-refractivity contribution in [3.63, 3.8) is 0 Å². The molecule has 1 saturated heterocycles. The molecule has 1 rings (SSSR count). The molecule has 0 radical (unpaired) electrons. The molecule has 0 aromatic rings. The zero-order chi connectivity index (χ0) is 17.5. The van der Waals surface area contributed by atoms with E-state index in [0.29, 0.717) is 25.3 Å². The molecule has 5 heteroatoms. The topological polar surface area (TPSA) is 69.6 Å². The van der Waals surface area contributed by atoms with Crippen molar-refractivity contribution in [3.8, 4) is 0 Å². The van der Waals surface area contributed by atoms with E-state index in [1.54, 1.807) is 11.8 Å². The molecule has 0 bridgehead atoms. The van der Waals surface area contributed by atoms with Gasteiger partial charge in [0, 0.05) is 19.5 Å². The van der Waals surface area contributed by atoms with E-state index in [2.05, 4.69) is 19.2 Å². The van der Waals surface area contributed by atoms with Crippen LogP contribution in [0.3, 0.4) is 0 Å². The first-order chi connectivity index (χ1) is 10.8. The second-order valence-corrected chi connectivity index (χ2v) is 7.50. The summed E-state index contributed by atoms with van der Waals surface area (Å²) in [7, 11) is 0. The quantitative estimate of drug-likeness (QED) is 0.720. The fourth-order valence-corrected chi connectivity index (χ4v) is 2.94. The van der Waals surface area contributed by atoms with Gasteiger partial charge in [0.2, 0.25) is 11.8 Å². The fourth-order valence-electron chi connectivity index (χ4n) is 2.94. The Kier molecular flexibility index (Phi) is 8.03. The standard InChI is InChI=1S/C18H34N2O3/c1-5-8-16(21)20-12-7-6-9-15(20)17(22)19-13-18(4,23)11-10-14(2)3/h14-15,23H,5-13H2,1-4H3,(H,19,22). The number of likely N-dealkylation sites (tertiary alicyclic amines) is 1. The molecule has 0 spiro atoms. The lowest BCUT2D eigenvalue weighted by atomic mass is 9.95. The van der Waals surface area contributed by atoms with Crippen LogP contribution in [0.15, 0.2) is 0 Å². The van der Waals surface area contributed by atoms with Crippen LogP contribution >= 0.6 is 0 Å². The summed E-state index contributed by atoms with van der Waals surface area (Å²) in [4.78, 5) is 26.4. The van der Waals surface area contributed by atoms with Gasteiger partial charge in [0.15, 0.2) is 0 Å². The van der Waals surface area contributed by atoms with E-state index in [9.17, 15) is 14.7 Å². The van der Waals surface area contributed by atoms with Gasteiger partial charge in [-0.15, -0.1) is 0 Å². The Hall–Kier alpha value is -1.10. The van der Waals surface area contributed by atoms with E-state index in [1.807, 2.05) is 6.92 Å². The molecule has 2 amide bonds. The van der Waals surface area contributed by atoms with Gasteiger partial charge in [-0.2, -0.15) is 0 Å². The highest BCUT2D eigenvalue weighted by Crippen LogP contribution is 2.20. The maximum Gasteiger partial charge on any atom is 0.242 e. The summed E-state index contributed by atoms with van der Waals surface area (Å²) >= 11 is 0.